The number of aliphatic hydroxyl groups excluding tert-OH is 3. The number of nitrogens with zero attached hydrogens (tertiary/aromatic N) is 1. The maximum absolute atomic E-state index is 12.7. The molecule has 4 N–H and O–H groups in total. The molecule has 0 bridgehead atoms. The minimum absolute atomic E-state index is 0.104. The molecule has 3 rings (SSSR count). The summed E-state index contributed by atoms with van der Waals surface area (Å²) < 4.78 is 11.4. The fourth-order valence-electron chi connectivity index (χ4n) is 3.57. The quantitative estimate of drug-likeness (QED) is 0.395. The summed E-state index contributed by atoms with van der Waals surface area (Å²) in [6.45, 7) is 2.40. The molecule has 1 fully saturated rings. The summed E-state index contributed by atoms with van der Waals surface area (Å²) in [6, 6.07) is 18.8. The van der Waals surface area contributed by atoms with E-state index >= 15 is 0 Å². The number of hydrogen-bond donors (Lipinski definition) is 4. The lowest BCUT2D eigenvalue weighted by Crippen LogP contribution is -2.56. The smallest absolute Gasteiger partial charge is 0.254 e. The maximum Gasteiger partial charge on any atom is 0.254 e. The van der Waals surface area contributed by atoms with Crippen molar-refractivity contribution in [2.45, 2.75) is 37.6 Å². The summed E-state index contributed by atoms with van der Waals surface area (Å²) in [5, 5.41) is 35.2. The van der Waals surface area contributed by atoms with E-state index in [0.717, 1.165) is 11.1 Å². The van der Waals surface area contributed by atoms with Gasteiger partial charge in [-0.25, -0.2) is 0 Å². The number of amides is 1. The fraction of sp³-hybridized carbons (Fsp3) is 0.458. The number of nitrogens with one attached hydrogen (secondary N) is 1. The lowest BCUT2D eigenvalue weighted by Gasteiger charge is -2.34. The van der Waals surface area contributed by atoms with E-state index in [1.807, 2.05) is 60.7 Å². The van der Waals surface area contributed by atoms with Gasteiger partial charge in [-0.05, 0) is 11.1 Å². The van der Waals surface area contributed by atoms with E-state index in [1.54, 1.807) is 0 Å². The summed E-state index contributed by atoms with van der Waals surface area (Å²) in [6.07, 6.45) is -5.79. The summed E-state index contributed by atoms with van der Waals surface area (Å²) in [5.41, 5.74) is 1.78. The van der Waals surface area contributed by atoms with E-state index < -0.39 is 30.3 Å². The predicted molar refractivity (Wildman–Crippen MR) is 119 cm³/mol. The molecule has 2 aromatic rings. The minimum atomic E-state index is -1.71. The number of benzene rings is 2. The van der Waals surface area contributed by atoms with Crippen molar-refractivity contribution in [2.75, 3.05) is 32.8 Å². The van der Waals surface area contributed by atoms with Crippen molar-refractivity contribution >= 4 is 5.91 Å². The highest BCUT2D eigenvalue weighted by atomic mass is 16.5. The topological polar surface area (TPSA) is 111 Å². The van der Waals surface area contributed by atoms with E-state index in [0.29, 0.717) is 26.2 Å². The van der Waals surface area contributed by atoms with Crippen molar-refractivity contribution in [3.05, 3.63) is 71.8 Å². The number of aliphatic hydroxyl groups is 3. The maximum atomic E-state index is 12.7. The number of rotatable bonds is 11. The third-order valence-corrected chi connectivity index (χ3v) is 5.41. The highest BCUT2D eigenvalue weighted by Crippen LogP contribution is 2.16. The molecule has 2 aromatic carbocycles. The van der Waals surface area contributed by atoms with Crippen LogP contribution in [0.15, 0.2) is 60.7 Å². The van der Waals surface area contributed by atoms with Crippen LogP contribution in [0.1, 0.15) is 11.1 Å². The zero-order chi connectivity index (χ0) is 22.8. The first-order chi connectivity index (χ1) is 15.6. The SMILES string of the molecule is O=C([C@H](O)[C@@H](O)[C@H](OCc1ccccc1)[C@H](O)COCc1ccccc1)N1CCNCC1. The normalized spacial score (nSPS) is 18.0. The molecular formula is C24H32N2O6. The lowest BCUT2D eigenvalue weighted by atomic mass is 10.0. The predicted octanol–water partition coefficient (Wildman–Crippen LogP) is 0.303. The highest BCUT2D eigenvalue weighted by molar-refractivity contribution is 5.81. The molecule has 0 radical (unpaired) electrons. The third kappa shape index (κ3) is 7.09. The van der Waals surface area contributed by atoms with Crippen molar-refractivity contribution in [3.8, 4) is 0 Å². The third-order valence-electron chi connectivity index (χ3n) is 5.41. The van der Waals surface area contributed by atoms with Gasteiger partial charge in [-0.3, -0.25) is 4.79 Å². The van der Waals surface area contributed by atoms with Gasteiger partial charge in [0.15, 0.2) is 6.10 Å². The summed E-state index contributed by atoms with van der Waals surface area (Å²) in [7, 11) is 0. The molecule has 1 aliphatic rings. The van der Waals surface area contributed by atoms with Crippen molar-refractivity contribution in [1.29, 1.82) is 0 Å². The van der Waals surface area contributed by atoms with E-state index in [4.69, 9.17) is 9.47 Å². The minimum Gasteiger partial charge on any atom is -0.388 e. The molecule has 174 valence electrons. The second-order valence-corrected chi connectivity index (χ2v) is 7.84. The Bertz CT molecular complexity index is 801. The van der Waals surface area contributed by atoms with Crippen LogP contribution in [0.4, 0.5) is 0 Å². The number of carbonyl (C=O) groups is 1. The molecule has 1 saturated heterocycles. The second kappa shape index (κ2) is 12.6. The molecule has 0 aliphatic carbocycles. The Labute approximate surface area is 188 Å². The zero-order valence-corrected chi connectivity index (χ0v) is 18.0. The fourth-order valence-corrected chi connectivity index (χ4v) is 3.57. The number of ether oxygens (including phenoxy) is 2. The monoisotopic (exact) mass is 444 g/mol. The molecular weight excluding hydrogens is 412 g/mol. The van der Waals surface area contributed by atoms with Crippen LogP contribution in [0, 0.1) is 0 Å². The van der Waals surface area contributed by atoms with Crippen LogP contribution >= 0.6 is 0 Å². The Kier molecular flexibility index (Phi) is 9.61. The van der Waals surface area contributed by atoms with Crippen LogP contribution in [0.2, 0.25) is 0 Å². The van der Waals surface area contributed by atoms with Crippen LogP contribution in [0.5, 0.6) is 0 Å². The molecule has 0 unspecified atom stereocenters. The first kappa shape index (κ1) is 24.3. The van der Waals surface area contributed by atoms with Gasteiger partial charge in [-0.15, -0.1) is 0 Å². The Morgan fingerprint density at radius 2 is 1.47 bits per heavy atom. The molecule has 0 saturated carbocycles. The van der Waals surface area contributed by atoms with Crippen LogP contribution in [-0.4, -0.2) is 83.3 Å². The molecule has 1 amide bonds. The van der Waals surface area contributed by atoms with Crippen molar-refractivity contribution < 1.29 is 29.6 Å². The van der Waals surface area contributed by atoms with E-state index in [1.165, 1.54) is 4.90 Å². The average Bonchev–Trinajstić information content (AvgIpc) is 2.85. The molecule has 8 nitrogen and oxygen atoms in total. The first-order valence-corrected chi connectivity index (χ1v) is 10.9. The van der Waals surface area contributed by atoms with Gasteiger partial charge < -0.3 is 35.0 Å². The van der Waals surface area contributed by atoms with Gasteiger partial charge in [0.25, 0.3) is 5.91 Å². The van der Waals surface area contributed by atoms with Crippen LogP contribution < -0.4 is 5.32 Å². The molecule has 32 heavy (non-hydrogen) atoms. The van der Waals surface area contributed by atoms with Crippen LogP contribution in [0.25, 0.3) is 0 Å². The Morgan fingerprint density at radius 3 is 2.06 bits per heavy atom. The molecule has 0 aromatic heterocycles. The second-order valence-electron chi connectivity index (χ2n) is 7.84. The highest BCUT2D eigenvalue weighted by Gasteiger charge is 2.38. The summed E-state index contributed by atoms with van der Waals surface area (Å²) in [5.74, 6) is -0.579. The average molecular weight is 445 g/mol. The number of piperazine rings is 1. The van der Waals surface area contributed by atoms with Gasteiger partial charge >= 0.3 is 0 Å². The standard InChI is InChI=1S/C24H32N2O6/c27-20(17-31-15-18-7-3-1-4-8-18)23(32-16-19-9-5-2-6-10-19)21(28)22(29)24(30)26-13-11-25-12-14-26/h1-10,20-23,25,27-29H,11-17H2/t20-,21-,22-,23-/m1/s1. The van der Waals surface area contributed by atoms with Crippen molar-refractivity contribution in [2.24, 2.45) is 0 Å². The van der Waals surface area contributed by atoms with Crippen LogP contribution in [0.3, 0.4) is 0 Å². The van der Waals surface area contributed by atoms with Crippen molar-refractivity contribution in [3.63, 3.8) is 0 Å². The lowest BCUT2D eigenvalue weighted by molar-refractivity contribution is -0.171. The Hall–Kier alpha value is -2.33. The Balaban J connectivity index is 1.63. The number of carbonyl (C=O) groups excluding carboxylic acids is 1. The molecule has 0 spiro atoms. The van der Waals surface area contributed by atoms with Gasteiger partial charge in [0.2, 0.25) is 0 Å². The zero-order valence-electron chi connectivity index (χ0n) is 18.0. The van der Waals surface area contributed by atoms with Gasteiger partial charge in [0.1, 0.15) is 18.3 Å². The summed E-state index contributed by atoms with van der Waals surface area (Å²) >= 11 is 0. The van der Waals surface area contributed by atoms with E-state index in [2.05, 4.69) is 5.32 Å². The van der Waals surface area contributed by atoms with E-state index in [9.17, 15) is 20.1 Å². The van der Waals surface area contributed by atoms with Gasteiger partial charge in [-0.2, -0.15) is 0 Å². The molecule has 1 heterocycles. The first-order valence-electron chi connectivity index (χ1n) is 10.9. The molecule has 4 atom stereocenters. The van der Waals surface area contributed by atoms with Gasteiger partial charge in [0, 0.05) is 26.2 Å². The van der Waals surface area contributed by atoms with Crippen LogP contribution in [-0.2, 0) is 27.5 Å². The van der Waals surface area contributed by atoms with Gasteiger partial charge in [-0.1, -0.05) is 60.7 Å². The largest absolute Gasteiger partial charge is 0.388 e. The van der Waals surface area contributed by atoms with E-state index in [-0.39, 0.29) is 19.8 Å². The van der Waals surface area contributed by atoms with Gasteiger partial charge in [0.05, 0.1) is 19.8 Å². The molecule has 1 aliphatic heterocycles. The Morgan fingerprint density at radius 1 is 0.906 bits per heavy atom. The molecule has 8 heteroatoms. The van der Waals surface area contributed by atoms with Crippen molar-refractivity contribution in [1.82, 2.24) is 10.2 Å². The number of hydrogen-bond acceptors (Lipinski definition) is 7. The summed E-state index contributed by atoms with van der Waals surface area (Å²) in [4.78, 5) is 14.2.